The molecule has 0 fully saturated rings. The fourth-order valence-electron chi connectivity index (χ4n) is 2.87. The molecule has 4 aromatic rings. The van der Waals surface area contributed by atoms with Crippen molar-refractivity contribution in [2.24, 2.45) is 7.05 Å². The van der Waals surface area contributed by atoms with Crippen molar-refractivity contribution in [1.82, 2.24) is 25.0 Å². The summed E-state index contributed by atoms with van der Waals surface area (Å²) in [5.41, 5.74) is 3.87. The van der Waals surface area contributed by atoms with Crippen LogP contribution in [0.25, 0.3) is 22.0 Å². The fourth-order valence-corrected chi connectivity index (χ4v) is 2.87. The van der Waals surface area contributed by atoms with Crippen LogP contribution in [0.4, 0.5) is 5.82 Å². The minimum Gasteiger partial charge on any atom is -0.309 e. The number of hydrogen-bond donors (Lipinski definition) is 1. The molecule has 0 spiro atoms. The average Bonchev–Trinajstić information content (AvgIpc) is 3.13. The number of benzene rings is 1. The van der Waals surface area contributed by atoms with Crippen LogP contribution in [0.3, 0.4) is 0 Å². The first kappa shape index (κ1) is 16.8. The molecular weight excluding hydrogens is 340 g/mol. The molecule has 0 saturated carbocycles. The number of pyridine rings is 1. The molecule has 0 aliphatic carbocycles. The summed E-state index contributed by atoms with van der Waals surface area (Å²) in [6, 6.07) is 11.6. The number of fused-ring (bicyclic) bond motifs is 1. The van der Waals surface area contributed by atoms with Crippen LogP contribution in [0.1, 0.15) is 12.0 Å². The molecule has 3 heterocycles. The molecular formula is C20H18N6O. The van der Waals surface area contributed by atoms with E-state index in [0.717, 1.165) is 27.6 Å². The molecule has 0 bridgehead atoms. The molecule has 7 nitrogen and oxygen atoms in total. The maximum absolute atomic E-state index is 12.2. The molecule has 0 saturated heterocycles. The van der Waals surface area contributed by atoms with Crippen molar-refractivity contribution in [1.29, 1.82) is 0 Å². The van der Waals surface area contributed by atoms with E-state index in [1.54, 1.807) is 17.1 Å². The third-order valence-electron chi connectivity index (χ3n) is 4.25. The second-order valence-corrected chi connectivity index (χ2v) is 6.32. The number of amides is 1. The van der Waals surface area contributed by atoms with Gasteiger partial charge in [-0.25, -0.2) is 0 Å². The summed E-state index contributed by atoms with van der Waals surface area (Å²) in [5, 5.41) is 16.2. The molecule has 1 N–H and O–H groups in total. The summed E-state index contributed by atoms with van der Waals surface area (Å²) in [6.45, 7) is 0. The lowest BCUT2D eigenvalue weighted by atomic mass is 10.1. The van der Waals surface area contributed by atoms with E-state index in [-0.39, 0.29) is 5.91 Å². The minimum absolute atomic E-state index is 0.101. The lowest BCUT2D eigenvalue weighted by molar-refractivity contribution is -0.116. The maximum atomic E-state index is 12.2. The SMILES string of the molecule is Cn1cc(-c2ccc3nnc(NC(=O)CCc4cccnc4)cc3c2)cn1. The molecule has 3 aromatic heterocycles. The molecule has 0 radical (unpaired) electrons. The second-order valence-electron chi connectivity index (χ2n) is 6.32. The number of carbonyl (C=O) groups is 1. The number of nitrogens with one attached hydrogen (secondary N) is 1. The predicted molar refractivity (Wildman–Crippen MR) is 103 cm³/mol. The molecule has 0 aliphatic heterocycles. The molecule has 0 aliphatic rings. The Morgan fingerprint density at radius 2 is 2.04 bits per heavy atom. The average molecular weight is 358 g/mol. The number of rotatable bonds is 5. The van der Waals surface area contributed by atoms with E-state index in [0.29, 0.717) is 18.7 Å². The quantitative estimate of drug-likeness (QED) is 0.593. The number of carbonyl (C=O) groups excluding carboxylic acids is 1. The molecule has 0 unspecified atom stereocenters. The molecule has 1 amide bonds. The zero-order chi connectivity index (χ0) is 18.6. The highest BCUT2D eigenvalue weighted by molar-refractivity contribution is 5.92. The zero-order valence-corrected chi connectivity index (χ0v) is 14.8. The van der Waals surface area contributed by atoms with E-state index in [2.05, 4.69) is 25.6 Å². The van der Waals surface area contributed by atoms with Crippen molar-refractivity contribution in [2.45, 2.75) is 12.8 Å². The summed E-state index contributed by atoms with van der Waals surface area (Å²) >= 11 is 0. The first-order valence-electron chi connectivity index (χ1n) is 8.63. The first-order chi connectivity index (χ1) is 13.2. The van der Waals surface area contributed by atoms with Gasteiger partial charge in [0, 0.05) is 43.0 Å². The highest BCUT2D eigenvalue weighted by Gasteiger charge is 2.08. The van der Waals surface area contributed by atoms with Gasteiger partial charge in [-0.05, 0) is 41.8 Å². The monoisotopic (exact) mass is 358 g/mol. The Morgan fingerprint density at radius 3 is 2.81 bits per heavy atom. The van der Waals surface area contributed by atoms with Crippen LogP contribution in [0.2, 0.25) is 0 Å². The summed E-state index contributed by atoms with van der Waals surface area (Å²) in [4.78, 5) is 16.3. The molecule has 4 rings (SSSR count). The van der Waals surface area contributed by atoms with Crippen LogP contribution in [-0.4, -0.2) is 30.9 Å². The summed E-state index contributed by atoms with van der Waals surface area (Å²) < 4.78 is 1.76. The van der Waals surface area contributed by atoms with Crippen LogP contribution in [0.5, 0.6) is 0 Å². The predicted octanol–water partition coefficient (Wildman–Crippen LogP) is 3.00. The van der Waals surface area contributed by atoms with E-state index in [9.17, 15) is 4.79 Å². The van der Waals surface area contributed by atoms with Gasteiger partial charge in [-0.2, -0.15) is 5.10 Å². The number of nitrogens with zero attached hydrogens (tertiary/aromatic N) is 5. The lowest BCUT2D eigenvalue weighted by Gasteiger charge is -2.06. The van der Waals surface area contributed by atoms with E-state index in [1.165, 1.54) is 0 Å². The molecule has 0 atom stereocenters. The van der Waals surface area contributed by atoms with Gasteiger partial charge in [0.05, 0.1) is 11.7 Å². The zero-order valence-electron chi connectivity index (χ0n) is 14.8. The van der Waals surface area contributed by atoms with Crippen molar-refractivity contribution in [2.75, 3.05) is 5.32 Å². The van der Waals surface area contributed by atoms with Crippen molar-refractivity contribution < 1.29 is 4.79 Å². The largest absolute Gasteiger partial charge is 0.309 e. The van der Waals surface area contributed by atoms with Gasteiger partial charge in [0.1, 0.15) is 0 Å². The Hall–Kier alpha value is -3.61. The number of aryl methyl sites for hydroxylation is 2. The highest BCUT2D eigenvalue weighted by atomic mass is 16.1. The third kappa shape index (κ3) is 3.98. The van der Waals surface area contributed by atoms with Crippen LogP contribution in [-0.2, 0) is 18.3 Å². The summed E-state index contributed by atoms with van der Waals surface area (Å²) in [7, 11) is 1.88. The molecule has 1 aromatic carbocycles. The Morgan fingerprint density at radius 1 is 1.11 bits per heavy atom. The Bertz CT molecular complexity index is 1090. The minimum atomic E-state index is -0.101. The summed E-state index contributed by atoms with van der Waals surface area (Å²) in [6.07, 6.45) is 8.25. The molecule has 7 heteroatoms. The van der Waals surface area contributed by atoms with E-state index in [4.69, 9.17) is 0 Å². The Labute approximate surface area is 156 Å². The number of anilines is 1. The van der Waals surface area contributed by atoms with Crippen molar-refractivity contribution in [3.05, 3.63) is 66.7 Å². The molecule has 134 valence electrons. The normalized spacial score (nSPS) is 10.9. The van der Waals surface area contributed by atoms with E-state index >= 15 is 0 Å². The van der Waals surface area contributed by atoms with Crippen molar-refractivity contribution in [3.63, 3.8) is 0 Å². The van der Waals surface area contributed by atoms with Gasteiger partial charge in [0.25, 0.3) is 0 Å². The Kier molecular flexibility index (Phi) is 4.57. The lowest BCUT2D eigenvalue weighted by Crippen LogP contribution is -2.13. The number of hydrogen-bond acceptors (Lipinski definition) is 5. The Balaban J connectivity index is 1.49. The third-order valence-corrected chi connectivity index (χ3v) is 4.25. The molecule has 27 heavy (non-hydrogen) atoms. The van der Waals surface area contributed by atoms with Gasteiger partial charge in [-0.15, -0.1) is 10.2 Å². The van der Waals surface area contributed by atoms with Crippen molar-refractivity contribution >= 4 is 22.6 Å². The fraction of sp³-hybridized carbons (Fsp3) is 0.150. The van der Waals surface area contributed by atoms with Crippen LogP contribution >= 0.6 is 0 Å². The first-order valence-corrected chi connectivity index (χ1v) is 8.63. The van der Waals surface area contributed by atoms with Gasteiger partial charge in [0.2, 0.25) is 5.91 Å². The van der Waals surface area contributed by atoms with E-state index in [1.807, 2.05) is 55.8 Å². The van der Waals surface area contributed by atoms with Gasteiger partial charge >= 0.3 is 0 Å². The van der Waals surface area contributed by atoms with E-state index < -0.39 is 0 Å². The van der Waals surface area contributed by atoms with Crippen LogP contribution in [0.15, 0.2) is 61.2 Å². The van der Waals surface area contributed by atoms with Crippen LogP contribution in [0, 0.1) is 0 Å². The van der Waals surface area contributed by atoms with Gasteiger partial charge in [-0.1, -0.05) is 12.1 Å². The number of aromatic nitrogens is 5. The van der Waals surface area contributed by atoms with Gasteiger partial charge in [0.15, 0.2) is 5.82 Å². The van der Waals surface area contributed by atoms with Crippen LogP contribution < -0.4 is 5.32 Å². The van der Waals surface area contributed by atoms with Crippen molar-refractivity contribution in [3.8, 4) is 11.1 Å². The topological polar surface area (TPSA) is 85.6 Å². The second kappa shape index (κ2) is 7.33. The standard InChI is InChI=1S/C20H18N6O/c1-26-13-17(12-22-26)15-5-6-18-16(9-15)10-19(25-24-18)23-20(27)7-4-14-3-2-8-21-11-14/h2-3,5-6,8-13H,4,7H2,1H3,(H,23,25,27). The highest BCUT2D eigenvalue weighted by Crippen LogP contribution is 2.24. The smallest absolute Gasteiger partial charge is 0.225 e. The summed E-state index contributed by atoms with van der Waals surface area (Å²) in [5.74, 6) is 0.345. The van der Waals surface area contributed by atoms with Gasteiger partial charge < -0.3 is 5.32 Å². The van der Waals surface area contributed by atoms with Gasteiger partial charge in [-0.3, -0.25) is 14.5 Å². The maximum Gasteiger partial charge on any atom is 0.225 e.